The molecule has 9 nitrogen and oxygen atoms in total. The molecule has 2 aromatic heterocycles. The number of benzene rings is 2. The summed E-state index contributed by atoms with van der Waals surface area (Å²) in [5.41, 5.74) is 2.68. The number of oxazole rings is 2. The van der Waals surface area contributed by atoms with Crippen molar-refractivity contribution < 1.29 is 27.9 Å². The van der Waals surface area contributed by atoms with Crippen molar-refractivity contribution in [2.24, 2.45) is 0 Å². The average Bonchev–Trinajstić information content (AvgIpc) is 3.34. The second-order valence-electron chi connectivity index (χ2n) is 6.85. The maximum absolute atomic E-state index is 13.3. The van der Waals surface area contributed by atoms with Crippen LogP contribution in [-0.2, 0) is 9.53 Å². The van der Waals surface area contributed by atoms with Gasteiger partial charge in [-0.15, -0.1) is 0 Å². The van der Waals surface area contributed by atoms with E-state index < -0.39 is 11.7 Å². The highest BCUT2D eigenvalue weighted by atomic mass is 19.1. The Kier molecular flexibility index (Phi) is 6.10. The van der Waals surface area contributed by atoms with Gasteiger partial charge >= 0.3 is 12.0 Å². The molecule has 162 valence electrons. The third kappa shape index (κ3) is 4.81. The van der Waals surface area contributed by atoms with E-state index in [0.717, 1.165) is 5.56 Å². The van der Waals surface area contributed by atoms with Gasteiger partial charge in [-0.2, -0.15) is 9.97 Å². The van der Waals surface area contributed by atoms with Gasteiger partial charge in [0, 0.05) is 12.6 Å². The van der Waals surface area contributed by atoms with Gasteiger partial charge in [-0.1, -0.05) is 6.07 Å². The lowest BCUT2D eigenvalue weighted by Crippen LogP contribution is -2.31. The summed E-state index contributed by atoms with van der Waals surface area (Å²) in [5, 5.41) is 14.3. The summed E-state index contributed by atoms with van der Waals surface area (Å²) >= 11 is 0. The quantitative estimate of drug-likeness (QED) is 0.348. The van der Waals surface area contributed by atoms with Crippen molar-refractivity contribution in [1.82, 2.24) is 15.3 Å². The molecule has 2 aromatic carbocycles. The van der Waals surface area contributed by atoms with E-state index in [-0.39, 0.29) is 31.2 Å². The fourth-order valence-corrected chi connectivity index (χ4v) is 3.03. The first-order valence-electron chi connectivity index (χ1n) is 9.73. The first-order chi connectivity index (χ1) is 15.0. The van der Waals surface area contributed by atoms with E-state index in [9.17, 15) is 9.18 Å². The average molecular weight is 428 g/mol. The molecule has 3 N–H and O–H groups in total. The van der Waals surface area contributed by atoms with Crippen LogP contribution in [0, 0.1) is 5.82 Å². The Hall–Kier alpha value is -3.50. The standard InChI is InChI=1S/C21H21FN4O5/c1-12(19(28)23-6-8-29-9-7-27)13-2-4-17-15(10-13)24-20(30-17)26-21-25-16-11-14(22)3-5-18(16)31-21/h2-5,10-12,27H,6-9H2,1H3,(H,23,28)(H,24,25,26). The summed E-state index contributed by atoms with van der Waals surface area (Å²) in [6.45, 7) is 2.67. The Bertz CT molecular complexity index is 1210. The lowest BCUT2D eigenvalue weighted by Gasteiger charge is -2.12. The van der Waals surface area contributed by atoms with E-state index in [1.165, 1.54) is 18.2 Å². The minimum Gasteiger partial charge on any atom is -0.423 e. The van der Waals surface area contributed by atoms with Crippen molar-refractivity contribution in [3.05, 3.63) is 47.8 Å². The second-order valence-corrected chi connectivity index (χ2v) is 6.85. The van der Waals surface area contributed by atoms with Crippen LogP contribution in [0.15, 0.2) is 45.2 Å². The largest absolute Gasteiger partial charge is 0.423 e. The molecule has 0 bridgehead atoms. The van der Waals surface area contributed by atoms with Crippen LogP contribution >= 0.6 is 0 Å². The Balaban J connectivity index is 1.44. The van der Waals surface area contributed by atoms with Gasteiger partial charge in [-0.25, -0.2) is 4.39 Å². The van der Waals surface area contributed by atoms with Crippen molar-refractivity contribution in [1.29, 1.82) is 0 Å². The molecule has 4 aromatic rings. The molecular weight excluding hydrogens is 407 g/mol. The number of nitrogens with one attached hydrogen (secondary N) is 2. The van der Waals surface area contributed by atoms with Gasteiger partial charge in [-0.05, 0) is 36.8 Å². The predicted octanol–water partition coefficient (Wildman–Crippen LogP) is 3.08. The Morgan fingerprint density at radius 2 is 1.77 bits per heavy atom. The van der Waals surface area contributed by atoms with E-state index in [0.29, 0.717) is 35.4 Å². The molecule has 1 atom stereocenters. The number of halogens is 1. The molecular formula is C21H21FN4O5. The number of aromatic nitrogens is 2. The van der Waals surface area contributed by atoms with Crippen LogP contribution < -0.4 is 10.6 Å². The number of nitrogens with zero attached hydrogens (tertiary/aromatic N) is 2. The molecule has 0 saturated heterocycles. The molecule has 0 aliphatic carbocycles. The number of ether oxygens (including phenoxy) is 1. The highest BCUT2D eigenvalue weighted by molar-refractivity contribution is 5.85. The second kappa shape index (κ2) is 9.11. The number of rotatable bonds is 9. The van der Waals surface area contributed by atoms with Gasteiger partial charge in [0.25, 0.3) is 0 Å². The summed E-state index contributed by atoms with van der Waals surface area (Å²) in [5.74, 6) is -0.952. The van der Waals surface area contributed by atoms with Crippen molar-refractivity contribution in [2.75, 3.05) is 31.7 Å². The topological polar surface area (TPSA) is 123 Å². The van der Waals surface area contributed by atoms with E-state index >= 15 is 0 Å². The number of hydrogen-bond donors (Lipinski definition) is 3. The highest BCUT2D eigenvalue weighted by Crippen LogP contribution is 2.27. The van der Waals surface area contributed by atoms with Crippen LogP contribution in [0.3, 0.4) is 0 Å². The minimum atomic E-state index is -0.405. The lowest BCUT2D eigenvalue weighted by atomic mass is 10.00. The van der Waals surface area contributed by atoms with Crippen LogP contribution in [-0.4, -0.2) is 47.3 Å². The number of carbonyl (C=O) groups is 1. The molecule has 4 rings (SSSR count). The normalized spacial score (nSPS) is 12.4. The predicted molar refractivity (Wildman–Crippen MR) is 111 cm³/mol. The van der Waals surface area contributed by atoms with E-state index in [4.69, 9.17) is 18.7 Å². The molecule has 0 aliphatic rings. The van der Waals surface area contributed by atoms with Crippen LogP contribution in [0.2, 0.25) is 0 Å². The van der Waals surface area contributed by atoms with Gasteiger partial charge in [0.15, 0.2) is 11.2 Å². The summed E-state index contributed by atoms with van der Waals surface area (Å²) in [6.07, 6.45) is 0. The highest BCUT2D eigenvalue weighted by Gasteiger charge is 2.17. The van der Waals surface area contributed by atoms with Crippen LogP contribution in [0.4, 0.5) is 16.4 Å². The van der Waals surface area contributed by atoms with Gasteiger partial charge in [0.05, 0.1) is 25.7 Å². The molecule has 2 heterocycles. The van der Waals surface area contributed by atoms with Crippen molar-refractivity contribution in [3.8, 4) is 0 Å². The number of amides is 1. The third-order valence-electron chi connectivity index (χ3n) is 4.65. The lowest BCUT2D eigenvalue weighted by molar-refractivity contribution is -0.122. The summed E-state index contributed by atoms with van der Waals surface area (Å²) in [7, 11) is 0. The van der Waals surface area contributed by atoms with Gasteiger partial charge in [0.1, 0.15) is 16.9 Å². The molecule has 0 spiro atoms. The number of anilines is 2. The van der Waals surface area contributed by atoms with Gasteiger partial charge < -0.3 is 24.0 Å². The zero-order valence-electron chi connectivity index (χ0n) is 16.7. The molecule has 0 radical (unpaired) electrons. The van der Waals surface area contributed by atoms with Crippen molar-refractivity contribution in [3.63, 3.8) is 0 Å². The zero-order chi connectivity index (χ0) is 21.8. The van der Waals surface area contributed by atoms with Crippen LogP contribution in [0.25, 0.3) is 22.2 Å². The maximum Gasteiger partial charge on any atom is 0.303 e. The van der Waals surface area contributed by atoms with E-state index in [2.05, 4.69) is 20.6 Å². The third-order valence-corrected chi connectivity index (χ3v) is 4.65. The molecule has 1 unspecified atom stereocenters. The Morgan fingerprint density at radius 1 is 1.10 bits per heavy atom. The van der Waals surface area contributed by atoms with E-state index in [1.54, 1.807) is 25.1 Å². The number of aliphatic hydroxyl groups is 1. The van der Waals surface area contributed by atoms with Crippen molar-refractivity contribution >= 4 is 40.1 Å². The summed E-state index contributed by atoms with van der Waals surface area (Å²) < 4.78 is 29.6. The number of fused-ring (bicyclic) bond motifs is 2. The first kappa shape index (κ1) is 20.8. The molecule has 0 fully saturated rings. The minimum absolute atomic E-state index is 0.0517. The smallest absolute Gasteiger partial charge is 0.303 e. The SMILES string of the molecule is CC(C(=O)NCCOCCO)c1ccc2oc(Nc3nc4cc(F)ccc4o3)nc2c1. The van der Waals surface area contributed by atoms with Gasteiger partial charge in [-0.3, -0.25) is 10.1 Å². The number of hydrogen-bond acceptors (Lipinski definition) is 8. The number of aliphatic hydroxyl groups excluding tert-OH is 1. The first-order valence-corrected chi connectivity index (χ1v) is 9.73. The van der Waals surface area contributed by atoms with Crippen molar-refractivity contribution in [2.45, 2.75) is 12.8 Å². The number of carbonyl (C=O) groups excluding carboxylic acids is 1. The van der Waals surface area contributed by atoms with Gasteiger partial charge in [0.2, 0.25) is 5.91 Å². The Morgan fingerprint density at radius 3 is 2.48 bits per heavy atom. The molecule has 0 saturated carbocycles. The molecule has 1 amide bonds. The molecule has 31 heavy (non-hydrogen) atoms. The zero-order valence-corrected chi connectivity index (χ0v) is 16.7. The van der Waals surface area contributed by atoms with Crippen LogP contribution in [0.1, 0.15) is 18.4 Å². The van der Waals surface area contributed by atoms with Crippen LogP contribution in [0.5, 0.6) is 0 Å². The fraction of sp³-hybridized carbons (Fsp3) is 0.286. The molecule has 10 heteroatoms. The summed E-state index contributed by atoms with van der Waals surface area (Å²) in [4.78, 5) is 20.9. The van der Waals surface area contributed by atoms with E-state index in [1.807, 2.05) is 0 Å². The molecule has 0 aliphatic heterocycles. The summed E-state index contributed by atoms with van der Waals surface area (Å²) in [6, 6.07) is 9.65. The maximum atomic E-state index is 13.3. The monoisotopic (exact) mass is 428 g/mol. The fourth-order valence-electron chi connectivity index (χ4n) is 3.03. The Labute approximate surface area is 176 Å².